The topological polar surface area (TPSA) is 172 Å². The number of hydrogen-bond donors (Lipinski definition) is 1. The van der Waals surface area contributed by atoms with Crippen LogP contribution in [-0.4, -0.2) is 70.8 Å². The average Bonchev–Trinajstić information content (AvgIpc) is 3.15. The van der Waals surface area contributed by atoms with E-state index in [1.54, 1.807) is 6.07 Å². The van der Waals surface area contributed by atoms with Crippen LogP contribution in [0, 0.1) is 17.2 Å². The van der Waals surface area contributed by atoms with E-state index in [4.69, 9.17) is 24.2 Å². The van der Waals surface area contributed by atoms with Gasteiger partial charge < -0.3 is 29.1 Å². The zero-order valence-corrected chi connectivity index (χ0v) is 17.2. The Labute approximate surface area is 177 Å². The van der Waals surface area contributed by atoms with Crippen molar-refractivity contribution in [1.29, 1.82) is 5.26 Å². The zero-order valence-electron chi connectivity index (χ0n) is 17.2. The first-order valence-electron chi connectivity index (χ1n) is 9.29. The van der Waals surface area contributed by atoms with Gasteiger partial charge in [-0.1, -0.05) is 5.21 Å². The largest absolute Gasteiger partial charge is 0.459 e. The molecule has 0 radical (unpaired) electrons. The van der Waals surface area contributed by atoms with Crippen LogP contribution in [0.2, 0.25) is 0 Å². The number of esters is 2. The molecule has 168 valence electrons. The number of amides is 1. The van der Waals surface area contributed by atoms with E-state index in [1.165, 1.54) is 31.8 Å². The number of methoxy groups -OCH3 is 1. The summed E-state index contributed by atoms with van der Waals surface area (Å²) >= 11 is 0. The van der Waals surface area contributed by atoms with Gasteiger partial charge in [-0.25, -0.2) is 4.68 Å². The van der Waals surface area contributed by atoms with Crippen LogP contribution in [0.1, 0.15) is 26.0 Å². The number of carbonyl (C=O) groups excluding carboxylic acids is 4. The van der Waals surface area contributed by atoms with E-state index in [1.807, 2.05) is 0 Å². The number of hydrogen-bond acceptors (Lipinski definition) is 11. The van der Waals surface area contributed by atoms with Crippen molar-refractivity contribution in [1.82, 2.24) is 20.3 Å². The lowest BCUT2D eigenvalue weighted by Gasteiger charge is -2.42. The maximum Gasteiger partial charge on any atom is 0.303 e. The van der Waals surface area contributed by atoms with Crippen LogP contribution in [0.4, 0.5) is 0 Å². The summed E-state index contributed by atoms with van der Waals surface area (Å²) in [7, 11) is 1.32. The molecule has 1 fully saturated rings. The van der Waals surface area contributed by atoms with Crippen LogP contribution < -0.4 is 5.32 Å². The number of nitriles is 1. The molecular formula is C18H23N5O8. The summed E-state index contributed by atoms with van der Waals surface area (Å²) in [6, 6.07) is 1.74. The maximum atomic E-state index is 11.8. The fourth-order valence-electron chi connectivity index (χ4n) is 3.12. The minimum absolute atomic E-state index is 0.0219. The number of ether oxygens (including phenoxy) is 4. The van der Waals surface area contributed by atoms with Gasteiger partial charge >= 0.3 is 11.9 Å². The third-order valence-electron chi connectivity index (χ3n) is 4.36. The molecule has 13 heteroatoms. The van der Waals surface area contributed by atoms with Crippen molar-refractivity contribution < 1.29 is 38.1 Å². The Hall–Kier alpha value is -3.37. The summed E-state index contributed by atoms with van der Waals surface area (Å²) in [6.07, 6.45) is -2.36. The van der Waals surface area contributed by atoms with Gasteiger partial charge in [-0.15, -0.1) is 5.10 Å². The van der Waals surface area contributed by atoms with E-state index in [9.17, 15) is 19.2 Å². The third kappa shape index (κ3) is 6.56. The molecule has 1 saturated heterocycles. The molecule has 0 spiro atoms. The van der Waals surface area contributed by atoms with Gasteiger partial charge in [0.05, 0.1) is 31.3 Å². The molecule has 2 rings (SSSR count). The molecule has 1 amide bonds. The van der Waals surface area contributed by atoms with Crippen molar-refractivity contribution in [2.24, 2.45) is 5.92 Å². The third-order valence-corrected chi connectivity index (χ3v) is 4.36. The molecule has 0 aliphatic carbocycles. The molecule has 2 heterocycles. The van der Waals surface area contributed by atoms with Gasteiger partial charge in [0.25, 0.3) is 0 Å². The van der Waals surface area contributed by atoms with Crippen LogP contribution in [-0.2, 0) is 51.2 Å². The van der Waals surface area contributed by atoms with Gasteiger partial charge in [0.2, 0.25) is 5.91 Å². The number of aldehydes is 1. The molecule has 1 aliphatic heterocycles. The second-order valence-corrected chi connectivity index (χ2v) is 6.68. The highest BCUT2D eigenvalue weighted by Crippen LogP contribution is 2.31. The van der Waals surface area contributed by atoms with E-state index in [2.05, 4.69) is 15.6 Å². The highest BCUT2D eigenvalue weighted by molar-refractivity contribution is 5.77. The summed E-state index contributed by atoms with van der Waals surface area (Å²) in [6.45, 7) is 2.44. The summed E-state index contributed by atoms with van der Waals surface area (Å²) in [5.41, 5.74) is 0.416. The second-order valence-electron chi connectivity index (χ2n) is 6.68. The number of carbonyl (C=O) groups is 4. The fraction of sp³-hybridized carbons (Fsp3) is 0.611. The Morgan fingerprint density at radius 1 is 1.29 bits per heavy atom. The van der Waals surface area contributed by atoms with Gasteiger partial charge in [-0.3, -0.25) is 14.4 Å². The van der Waals surface area contributed by atoms with Gasteiger partial charge in [-0.2, -0.15) is 5.26 Å². The van der Waals surface area contributed by atoms with Crippen molar-refractivity contribution in [2.45, 2.75) is 58.0 Å². The van der Waals surface area contributed by atoms with Crippen molar-refractivity contribution in [3.63, 3.8) is 0 Å². The molecule has 1 aromatic heterocycles. The van der Waals surface area contributed by atoms with Crippen molar-refractivity contribution in [2.75, 3.05) is 7.11 Å². The summed E-state index contributed by atoms with van der Waals surface area (Å²) in [5.74, 6) is -2.79. The van der Waals surface area contributed by atoms with Crippen molar-refractivity contribution in [3.05, 3.63) is 11.9 Å². The molecule has 0 aromatic carbocycles. The Morgan fingerprint density at radius 3 is 2.55 bits per heavy atom. The summed E-state index contributed by atoms with van der Waals surface area (Å²) in [4.78, 5) is 46.3. The van der Waals surface area contributed by atoms with Gasteiger partial charge in [0.1, 0.15) is 30.6 Å². The Kier molecular flexibility index (Phi) is 8.59. The minimum Gasteiger partial charge on any atom is -0.459 e. The second kappa shape index (κ2) is 11.1. The van der Waals surface area contributed by atoms with E-state index >= 15 is 0 Å². The van der Waals surface area contributed by atoms with Crippen LogP contribution >= 0.6 is 0 Å². The van der Waals surface area contributed by atoms with Crippen molar-refractivity contribution >= 4 is 24.1 Å². The predicted octanol–water partition coefficient (Wildman–Crippen LogP) is -1.14. The molecule has 13 nitrogen and oxygen atoms in total. The van der Waals surface area contributed by atoms with E-state index in [-0.39, 0.29) is 19.5 Å². The lowest BCUT2D eigenvalue weighted by atomic mass is 9.89. The van der Waals surface area contributed by atoms with Gasteiger partial charge in [0.15, 0.2) is 12.4 Å². The summed E-state index contributed by atoms with van der Waals surface area (Å²) in [5, 5.41) is 18.9. The molecule has 5 atom stereocenters. The Morgan fingerprint density at radius 2 is 1.97 bits per heavy atom. The molecular weight excluding hydrogens is 414 g/mol. The average molecular weight is 437 g/mol. The smallest absolute Gasteiger partial charge is 0.303 e. The van der Waals surface area contributed by atoms with Crippen LogP contribution in [0.3, 0.4) is 0 Å². The van der Waals surface area contributed by atoms with Crippen LogP contribution in [0.5, 0.6) is 0 Å². The highest BCUT2D eigenvalue weighted by Gasteiger charge is 2.50. The molecule has 1 aliphatic rings. The highest BCUT2D eigenvalue weighted by atomic mass is 16.7. The minimum atomic E-state index is -1.11. The van der Waals surface area contributed by atoms with Crippen LogP contribution in [0.25, 0.3) is 0 Å². The molecule has 0 bridgehead atoms. The molecule has 1 N–H and O–H groups in total. The van der Waals surface area contributed by atoms with Crippen molar-refractivity contribution in [3.8, 4) is 6.07 Å². The number of rotatable bonds is 9. The first-order valence-corrected chi connectivity index (χ1v) is 9.29. The molecule has 31 heavy (non-hydrogen) atoms. The van der Waals surface area contributed by atoms with E-state index < -0.39 is 48.4 Å². The Bertz CT molecular complexity index is 850. The van der Waals surface area contributed by atoms with E-state index in [0.29, 0.717) is 12.0 Å². The standard InChI is InChI=1S/C18H23N5O8/c1-10(25)29-16-13(9-24)17(30-11(2)26)18(28-3)31-14(16)8-23-7-12(21-22-23)6-20-15(27)4-5-19/h7,9,13-14,16-18H,4,6,8H2,1-3H3,(H,20,27). The zero-order chi connectivity index (χ0) is 23.0. The lowest BCUT2D eigenvalue weighted by molar-refractivity contribution is -0.280. The van der Waals surface area contributed by atoms with Crippen LogP contribution in [0.15, 0.2) is 6.20 Å². The number of aromatic nitrogens is 3. The maximum absolute atomic E-state index is 11.8. The monoisotopic (exact) mass is 437 g/mol. The number of nitrogens with one attached hydrogen (secondary N) is 1. The quantitative estimate of drug-likeness (QED) is 0.365. The normalized spacial score (nSPS) is 25.2. The number of nitrogens with zero attached hydrogens (tertiary/aromatic N) is 4. The van der Waals surface area contributed by atoms with E-state index in [0.717, 1.165) is 0 Å². The SMILES string of the molecule is COC1OC(Cn2cc(CNC(=O)CC#N)nn2)C(OC(C)=O)C(C=O)C1OC(C)=O. The first-order chi connectivity index (χ1) is 14.8. The fourth-order valence-corrected chi connectivity index (χ4v) is 3.12. The van der Waals surface area contributed by atoms with Gasteiger partial charge in [0, 0.05) is 21.0 Å². The first kappa shape index (κ1) is 23.9. The van der Waals surface area contributed by atoms with Gasteiger partial charge in [-0.05, 0) is 0 Å². The Balaban J connectivity index is 2.18. The molecule has 1 aromatic rings. The lowest BCUT2D eigenvalue weighted by Crippen LogP contribution is -2.58. The molecule has 0 saturated carbocycles. The summed E-state index contributed by atoms with van der Waals surface area (Å²) < 4.78 is 22.9. The molecule has 5 unspecified atom stereocenters. The predicted molar refractivity (Wildman–Crippen MR) is 98.4 cm³/mol.